The van der Waals surface area contributed by atoms with Crippen LogP contribution in [0.25, 0.3) is 0 Å². The van der Waals surface area contributed by atoms with Crippen molar-refractivity contribution in [2.24, 2.45) is 16.6 Å². The molecule has 1 rings (SSSR count). The van der Waals surface area contributed by atoms with Crippen LogP contribution in [0.3, 0.4) is 0 Å². The second-order valence-corrected chi connectivity index (χ2v) is 3.06. The minimum absolute atomic E-state index is 0.175. The van der Waals surface area contributed by atoms with Crippen LogP contribution >= 0.6 is 0 Å². The molecule has 0 bridgehead atoms. The number of nitrogens with zero attached hydrogens (tertiary/aromatic N) is 2. The highest BCUT2D eigenvalue weighted by Crippen LogP contribution is 2.04. The van der Waals surface area contributed by atoms with Crippen molar-refractivity contribution in [3.8, 4) is 0 Å². The molecule has 1 aliphatic rings. The van der Waals surface area contributed by atoms with Gasteiger partial charge in [0.25, 0.3) is 0 Å². The van der Waals surface area contributed by atoms with Gasteiger partial charge >= 0.3 is 0 Å². The Balaban J connectivity index is 2.57. The number of nitrogens with one attached hydrogen (secondary N) is 1. The summed E-state index contributed by atoms with van der Waals surface area (Å²) in [6.45, 7) is 3.87. The summed E-state index contributed by atoms with van der Waals surface area (Å²) in [4.78, 5) is 0. The Morgan fingerprint density at radius 2 is 1.91 bits per heavy atom. The maximum Gasteiger partial charge on any atom is 0.244 e. The van der Waals surface area contributed by atoms with Gasteiger partial charge in [-0.1, -0.05) is 0 Å². The number of rotatable bonds is 1. The molecule has 0 aromatic carbocycles. The van der Waals surface area contributed by atoms with Crippen LogP contribution in [0.4, 0.5) is 0 Å². The minimum atomic E-state index is 0.175. The molecule has 0 aromatic rings. The summed E-state index contributed by atoms with van der Waals surface area (Å²) in [5.41, 5.74) is 10.6. The lowest BCUT2D eigenvalue weighted by atomic mass is 10.4. The van der Waals surface area contributed by atoms with E-state index < -0.39 is 0 Å². The zero-order valence-electron chi connectivity index (χ0n) is 6.88. The molecule has 0 amide bonds. The maximum atomic E-state index is 5.30. The van der Waals surface area contributed by atoms with Crippen LogP contribution in [0.1, 0.15) is 0 Å². The fraction of sp³-hybridized carbons (Fsp3) is 0.833. The summed E-state index contributed by atoms with van der Waals surface area (Å²) >= 11 is 0. The quantitative estimate of drug-likeness (QED) is 0.240. The molecule has 0 aromatic heterocycles. The summed E-state index contributed by atoms with van der Waals surface area (Å²) < 4.78 is 0.606. The van der Waals surface area contributed by atoms with Gasteiger partial charge in [0, 0.05) is 13.1 Å². The number of quaternary nitrogens is 1. The van der Waals surface area contributed by atoms with E-state index in [1.54, 1.807) is 0 Å². The molecule has 64 valence electrons. The number of hydrogen-bond donors (Lipinski definition) is 3. The molecule has 0 saturated carbocycles. The molecule has 5 N–H and O–H groups in total. The molecule has 0 unspecified atom stereocenters. The van der Waals surface area contributed by atoms with Crippen LogP contribution in [0.2, 0.25) is 0 Å². The van der Waals surface area contributed by atoms with Crippen molar-refractivity contribution in [3.05, 3.63) is 0 Å². The van der Waals surface area contributed by atoms with Gasteiger partial charge in [-0.15, -0.1) is 0 Å². The summed E-state index contributed by atoms with van der Waals surface area (Å²) in [5.74, 6) is 0.175. The lowest BCUT2D eigenvalue weighted by Crippen LogP contribution is -2.53. The number of piperazine rings is 1. The van der Waals surface area contributed by atoms with Crippen LogP contribution in [0.5, 0.6) is 0 Å². The molecule has 11 heavy (non-hydrogen) atoms. The van der Waals surface area contributed by atoms with Crippen molar-refractivity contribution in [2.45, 2.75) is 0 Å². The Morgan fingerprint density at radius 3 is 2.36 bits per heavy atom. The molecular formula is C6H16N5+. The minimum Gasteiger partial charge on any atom is -0.366 e. The second-order valence-electron chi connectivity index (χ2n) is 3.06. The molecule has 0 radical (unpaired) electrons. The average molecular weight is 158 g/mol. The third-order valence-electron chi connectivity index (χ3n) is 1.90. The van der Waals surface area contributed by atoms with E-state index in [-0.39, 0.29) is 5.96 Å². The topological polar surface area (TPSA) is 76.4 Å². The Labute approximate surface area is 66.6 Å². The normalized spacial score (nSPS) is 22.6. The van der Waals surface area contributed by atoms with Gasteiger partial charge in [-0.3, -0.25) is 0 Å². The molecule has 0 atom stereocenters. The third kappa shape index (κ3) is 2.36. The summed E-state index contributed by atoms with van der Waals surface area (Å²) in [5, 5.41) is 7.38. The first-order chi connectivity index (χ1) is 5.12. The summed E-state index contributed by atoms with van der Waals surface area (Å²) in [6.07, 6.45) is 0. The molecule has 5 heteroatoms. The smallest absolute Gasteiger partial charge is 0.244 e. The van der Waals surface area contributed by atoms with Gasteiger partial charge in [0.1, 0.15) is 13.1 Å². The zero-order chi connectivity index (χ0) is 8.32. The van der Waals surface area contributed by atoms with E-state index in [4.69, 9.17) is 11.5 Å². The van der Waals surface area contributed by atoms with Gasteiger partial charge in [0.15, 0.2) is 0 Å². The molecule has 1 fully saturated rings. The zero-order valence-corrected chi connectivity index (χ0v) is 6.88. The highest BCUT2D eigenvalue weighted by molar-refractivity contribution is 5.74. The lowest BCUT2D eigenvalue weighted by molar-refractivity contribution is -0.917. The largest absolute Gasteiger partial charge is 0.366 e. The van der Waals surface area contributed by atoms with E-state index in [0.29, 0.717) is 4.59 Å². The molecule has 5 nitrogen and oxygen atoms in total. The molecule has 1 aliphatic heterocycles. The predicted molar refractivity (Wildman–Crippen MR) is 44.6 cm³/mol. The van der Waals surface area contributed by atoms with Crippen LogP contribution < -0.4 is 16.8 Å². The van der Waals surface area contributed by atoms with Crippen LogP contribution in [0.15, 0.2) is 5.10 Å². The first-order valence-corrected chi connectivity index (χ1v) is 3.79. The van der Waals surface area contributed by atoms with Crippen molar-refractivity contribution in [3.63, 3.8) is 0 Å². The van der Waals surface area contributed by atoms with E-state index in [1.165, 1.54) is 0 Å². The predicted octanol–water partition coefficient (Wildman–Crippen LogP) is -1.78. The molecule has 1 heterocycles. The second kappa shape index (κ2) is 3.06. The van der Waals surface area contributed by atoms with Crippen molar-refractivity contribution in [1.29, 1.82) is 0 Å². The van der Waals surface area contributed by atoms with Crippen molar-refractivity contribution in [2.75, 3.05) is 33.2 Å². The first-order valence-electron chi connectivity index (χ1n) is 3.79. The highest BCUT2D eigenvalue weighted by atomic mass is 15.6. The van der Waals surface area contributed by atoms with Crippen molar-refractivity contribution >= 4 is 5.96 Å². The average Bonchev–Trinajstić information content (AvgIpc) is 1.85. The summed E-state index contributed by atoms with van der Waals surface area (Å²) in [7, 11) is 2.03. The fourth-order valence-electron chi connectivity index (χ4n) is 1.26. The molecule has 1 saturated heterocycles. The van der Waals surface area contributed by atoms with E-state index >= 15 is 0 Å². The van der Waals surface area contributed by atoms with Crippen molar-refractivity contribution in [1.82, 2.24) is 5.32 Å². The number of nitrogens with two attached hydrogens (primary N) is 2. The van der Waals surface area contributed by atoms with Crippen LogP contribution in [0, 0.1) is 0 Å². The van der Waals surface area contributed by atoms with Crippen molar-refractivity contribution < 1.29 is 4.59 Å². The highest BCUT2D eigenvalue weighted by Gasteiger charge is 2.24. The monoisotopic (exact) mass is 158 g/mol. The summed E-state index contributed by atoms with van der Waals surface area (Å²) in [6, 6.07) is 0. The third-order valence-corrected chi connectivity index (χ3v) is 1.90. The van der Waals surface area contributed by atoms with Crippen LogP contribution in [-0.4, -0.2) is 43.8 Å². The van der Waals surface area contributed by atoms with E-state index in [0.717, 1.165) is 26.2 Å². The lowest BCUT2D eigenvalue weighted by Gasteiger charge is -2.31. The molecule has 0 spiro atoms. The van der Waals surface area contributed by atoms with Gasteiger partial charge in [0.2, 0.25) is 5.96 Å². The van der Waals surface area contributed by atoms with E-state index in [1.807, 2.05) is 7.05 Å². The molecular weight excluding hydrogens is 142 g/mol. The Hall–Kier alpha value is -0.810. The Bertz CT molecular complexity index is 154. The van der Waals surface area contributed by atoms with Gasteiger partial charge in [-0.05, 0) is 5.10 Å². The van der Waals surface area contributed by atoms with Gasteiger partial charge < -0.3 is 16.8 Å². The van der Waals surface area contributed by atoms with Gasteiger partial charge in [0.05, 0.1) is 7.05 Å². The maximum absolute atomic E-state index is 5.30. The standard InChI is InChI=1S/C6H16N5/c1-11(10-6(7)8)4-2-9-3-5-11/h9H,2-5H2,1H3,(H4,7,8,10)/q+1. The Kier molecular flexibility index (Phi) is 2.31. The van der Waals surface area contributed by atoms with Gasteiger partial charge in [-0.25, -0.2) is 0 Å². The van der Waals surface area contributed by atoms with Gasteiger partial charge in [-0.2, -0.15) is 4.59 Å². The number of hydrogen-bond acceptors (Lipinski definition) is 2. The van der Waals surface area contributed by atoms with E-state index in [2.05, 4.69) is 10.4 Å². The first kappa shape index (κ1) is 8.29. The fourth-order valence-corrected chi connectivity index (χ4v) is 1.26. The van der Waals surface area contributed by atoms with E-state index in [9.17, 15) is 0 Å². The SMILES string of the molecule is C[N+]1(N=C(N)N)CCNCC1. The van der Waals surface area contributed by atoms with Crippen LogP contribution in [-0.2, 0) is 0 Å². The number of guanidine groups is 1. The molecule has 0 aliphatic carbocycles. The Morgan fingerprint density at radius 1 is 1.36 bits per heavy atom. The number of likely N-dealkylation sites (N-methyl/N-ethyl adjacent to an activating group) is 1.